The van der Waals surface area contributed by atoms with E-state index in [4.69, 9.17) is 5.11 Å². The number of hydrogen-bond acceptors (Lipinski definition) is 3. The Morgan fingerprint density at radius 3 is 2.32 bits per heavy atom. The maximum absolute atomic E-state index is 11.8. The molecule has 19 heavy (non-hydrogen) atoms. The van der Waals surface area contributed by atoms with Crippen LogP contribution in [0.5, 0.6) is 0 Å². The largest absolute Gasteiger partial charge is 0.481 e. The van der Waals surface area contributed by atoms with E-state index in [0.29, 0.717) is 6.54 Å². The van der Waals surface area contributed by atoms with Gasteiger partial charge in [0, 0.05) is 19.1 Å². The van der Waals surface area contributed by atoms with Gasteiger partial charge in [-0.2, -0.15) is 0 Å². The van der Waals surface area contributed by atoms with E-state index in [2.05, 4.69) is 10.6 Å². The average molecular weight is 273 g/mol. The number of hydrogen-bond donors (Lipinski definition) is 3. The van der Waals surface area contributed by atoms with Crippen molar-refractivity contribution >= 4 is 17.9 Å². The molecule has 0 atom stereocenters. The summed E-state index contributed by atoms with van der Waals surface area (Å²) in [7, 11) is 1.48. The van der Waals surface area contributed by atoms with Gasteiger partial charge in [0.2, 0.25) is 5.91 Å². The fraction of sp³-hybridized carbons (Fsp3) is 0.750. The number of urea groups is 1. The number of carboxylic acid groups (broad SMARTS) is 1. The van der Waals surface area contributed by atoms with E-state index < -0.39 is 17.5 Å². The van der Waals surface area contributed by atoms with Crippen LogP contribution in [-0.4, -0.2) is 53.6 Å². The number of carbonyl (C=O) groups is 3. The predicted octanol–water partition coefficient (Wildman–Crippen LogP) is 0.407. The van der Waals surface area contributed by atoms with E-state index in [1.165, 1.54) is 11.9 Å². The highest BCUT2D eigenvalue weighted by Crippen LogP contribution is 2.08. The van der Waals surface area contributed by atoms with E-state index in [0.717, 1.165) is 6.42 Å². The van der Waals surface area contributed by atoms with E-state index >= 15 is 0 Å². The van der Waals surface area contributed by atoms with Crippen LogP contribution in [0.1, 0.15) is 33.6 Å². The zero-order chi connectivity index (χ0) is 15.1. The van der Waals surface area contributed by atoms with E-state index in [-0.39, 0.29) is 18.9 Å². The molecule has 110 valence electrons. The summed E-state index contributed by atoms with van der Waals surface area (Å²) in [5.74, 6) is -1.23. The molecular formula is C12H23N3O4. The number of carboxylic acids is 1. The molecule has 0 aromatic heterocycles. The molecule has 0 unspecified atom stereocenters. The lowest BCUT2D eigenvalue weighted by Gasteiger charge is -2.27. The van der Waals surface area contributed by atoms with Gasteiger partial charge in [-0.3, -0.25) is 9.59 Å². The Kier molecular flexibility index (Phi) is 6.89. The third-order valence-electron chi connectivity index (χ3n) is 2.34. The number of rotatable bonds is 7. The topological polar surface area (TPSA) is 98.7 Å². The molecule has 0 saturated heterocycles. The molecule has 0 radical (unpaired) electrons. The van der Waals surface area contributed by atoms with Gasteiger partial charge in [-0.25, -0.2) is 4.79 Å². The van der Waals surface area contributed by atoms with E-state index in [1.807, 2.05) is 6.92 Å². The van der Waals surface area contributed by atoms with Gasteiger partial charge < -0.3 is 20.6 Å². The van der Waals surface area contributed by atoms with Crippen molar-refractivity contribution in [1.29, 1.82) is 0 Å². The van der Waals surface area contributed by atoms with Crippen LogP contribution >= 0.6 is 0 Å². The summed E-state index contributed by atoms with van der Waals surface area (Å²) >= 11 is 0. The van der Waals surface area contributed by atoms with E-state index in [1.54, 1.807) is 13.8 Å². The molecule has 0 aliphatic heterocycles. The fourth-order valence-electron chi connectivity index (χ4n) is 1.41. The van der Waals surface area contributed by atoms with Gasteiger partial charge in [-0.15, -0.1) is 0 Å². The first kappa shape index (κ1) is 17.2. The van der Waals surface area contributed by atoms with Gasteiger partial charge in [-0.1, -0.05) is 6.92 Å². The average Bonchev–Trinajstić information content (AvgIpc) is 2.23. The monoisotopic (exact) mass is 273 g/mol. The second kappa shape index (κ2) is 7.60. The van der Waals surface area contributed by atoms with Crippen molar-refractivity contribution in [2.45, 2.75) is 39.2 Å². The maximum Gasteiger partial charge on any atom is 0.318 e. The highest BCUT2D eigenvalue weighted by molar-refractivity contribution is 5.84. The molecule has 0 spiro atoms. The molecule has 0 rings (SSSR count). The van der Waals surface area contributed by atoms with Crippen LogP contribution in [0.25, 0.3) is 0 Å². The Hall–Kier alpha value is -1.79. The van der Waals surface area contributed by atoms with Crippen LogP contribution in [0, 0.1) is 0 Å². The van der Waals surface area contributed by atoms with Crippen molar-refractivity contribution in [2.75, 3.05) is 20.1 Å². The molecule has 0 fully saturated rings. The molecule has 0 bridgehead atoms. The van der Waals surface area contributed by atoms with Crippen molar-refractivity contribution in [1.82, 2.24) is 15.5 Å². The van der Waals surface area contributed by atoms with Gasteiger partial charge in [0.15, 0.2) is 0 Å². The first-order valence-electron chi connectivity index (χ1n) is 6.19. The number of nitrogens with one attached hydrogen (secondary N) is 2. The molecule has 3 amide bonds. The predicted molar refractivity (Wildman–Crippen MR) is 70.8 cm³/mol. The van der Waals surface area contributed by atoms with Crippen molar-refractivity contribution in [2.24, 2.45) is 0 Å². The van der Waals surface area contributed by atoms with Crippen LogP contribution < -0.4 is 10.6 Å². The number of likely N-dealkylation sites (N-methyl/N-ethyl adjacent to an activating group) is 1. The van der Waals surface area contributed by atoms with Gasteiger partial charge in [-0.05, 0) is 20.3 Å². The fourth-order valence-corrected chi connectivity index (χ4v) is 1.41. The second-order valence-electron chi connectivity index (χ2n) is 5.09. The molecule has 0 heterocycles. The summed E-state index contributed by atoms with van der Waals surface area (Å²) in [4.78, 5) is 35.1. The summed E-state index contributed by atoms with van der Waals surface area (Å²) in [6, 6.07) is -0.474. The Morgan fingerprint density at radius 1 is 1.26 bits per heavy atom. The van der Waals surface area contributed by atoms with Crippen molar-refractivity contribution in [3.8, 4) is 0 Å². The first-order chi connectivity index (χ1) is 8.68. The summed E-state index contributed by atoms with van der Waals surface area (Å²) in [5, 5.41) is 13.9. The van der Waals surface area contributed by atoms with Gasteiger partial charge in [0.05, 0.1) is 6.42 Å². The van der Waals surface area contributed by atoms with Crippen molar-refractivity contribution < 1.29 is 19.5 Å². The maximum atomic E-state index is 11.8. The summed E-state index contributed by atoms with van der Waals surface area (Å²) in [5.41, 5.74) is -0.864. The van der Waals surface area contributed by atoms with Gasteiger partial charge in [0.25, 0.3) is 0 Å². The molecule has 3 N–H and O–H groups in total. The standard InChI is InChI=1S/C12H23N3O4/c1-5-6-13-9(16)8-15(4)11(19)14-12(2,3)7-10(17)18/h5-8H2,1-4H3,(H,13,16)(H,14,19)(H,17,18). The minimum Gasteiger partial charge on any atom is -0.481 e. The minimum absolute atomic E-state index is 0.0605. The smallest absolute Gasteiger partial charge is 0.318 e. The number of amides is 3. The Balaban J connectivity index is 4.26. The minimum atomic E-state index is -0.992. The van der Waals surface area contributed by atoms with Crippen LogP contribution in [0.4, 0.5) is 4.79 Å². The first-order valence-corrected chi connectivity index (χ1v) is 6.19. The van der Waals surface area contributed by atoms with Crippen molar-refractivity contribution in [3.05, 3.63) is 0 Å². The lowest BCUT2D eigenvalue weighted by molar-refractivity contribution is -0.138. The van der Waals surface area contributed by atoms with Crippen LogP contribution in [0.2, 0.25) is 0 Å². The third-order valence-corrected chi connectivity index (χ3v) is 2.34. The second-order valence-corrected chi connectivity index (χ2v) is 5.09. The zero-order valence-electron chi connectivity index (χ0n) is 11.9. The van der Waals surface area contributed by atoms with Crippen LogP contribution in [0.3, 0.4) is 0 Å². The van der Waals surface area contributed by atoms with Gasteiger partial charge in [0.1, 0.15) is 6.54 Å². The summed E-state index contributed by atoms with van der Waals surface area (Å²) in [6.45, 7) is 5.67. The lowest BCUT2D eigenvalue weighted by Crippen LogP contribution is -2.51. The Bertz CT molecular complexity index is 342. The highest BCUT2D eigenvalue weighted by atomic mass is 16.4. The lowest BCUT2D eigenvalue weighted by atomic mass is 10.0. The Labute approximate surface area is 113 Å². The number of aliphatic carboxylic acids is 1. The van der Waals surface area contributed by atoms with Crippen LogP contribution in [-0.2, 0) is 9.59 Å². The van der Waals surface area contributed by atoms with Gasteiger partial charge >= 0.3 is 12.0 Å². The molecule has 7 nitrogen and oxygen atoms in total. The van der Waals surface area contributed by atoms with Crippen molar-refractivity contribution in [3.63, 3.8) is 0 Å². The summed E-state index contributed by atoms with van der Waals surface area (Å²) < 4.78 is 0. The van der Waals surface area contributed by atoms with E-state index in [9.17, 15) is 14.4 Å². The molecule has 0 aromatic rings. The molecule has 0 aliphatic rings. The Morgan fingerprint density at radius 2 is 1.84 bits per heavy atom. The highest BCUT2D eigenvalue weighted by Gasteiger charge is 2.25. The number of carbonyl (C=O) groups excluding carboxylic acids is 2. The molecule has 7 heteroatoms. The normalized spacial score (nSPS) is 10.7. The molecule has 0 aliphatic carbocycles. The zero-order valence-corrected chi connectivity index (χ0v) is 11.9. The number of nitrogens with zero attached hydrogens (tertiary/aromatic N) is 1. The quantitative estimate of drug-likeness (QED) is 0.625. The molecular weight excluding hydrogens is 250 g/mol. The third kappa shape index (κ3) is 8.01. The van der Waals surface area contributed by atoms with Crippen LogP contribution in [0.15, 0.2) is 0 Å². The summed E-state index contributed by atoms with van der Waals surface area (Å²) in [6.07, 6.45) is 0.641. The molecule has 0 aromatic carbocycles. The molecule has 0 saturated carbocycles. The SMILES string of the molecule is CCCNC(=O)CN(C)C(=O)NC(C)(C)CC(=O)O.